The minimum Gasteiger partial charge on any atom is -0.267 e. The number of rotatable bonds is 6. The molecule has 0 aliphatic heterocycles. The first-order valence-electron chi connectivity index (χ1n) is 8.61. The first kappa shape index (κ1) is 18.8. The number of aromatic nitrogens is 2. The quantitative estimate of drug-likeness (QED) is 0.404. The van der Waals surface area contributed by atoms with E-state index in [1.54, 1.807) is 42.2 Å². The Labute approximate surface area is 161 Å². The molecule has 3 rings (SSSR count). The van der Waals surface area contributed by atoms with Crippen LogP contribution in [0.15, 0.2) is 63.3 Å². The smallest absolute Gasteiger partial charge is 0.267 e. The molecule has 2 aromatic carbocycles. The van der Waals surface area contributed by atoms with Crippen molar-refractivity contribution in [1.29, 1.82) is 0 Å². The molecular weight excluding hydrogens is 360 g/mol. The van der Waals surface area contributed by atoms with Crippen molar-refractivity contribution < 1.29 is 4.79 Å². The van der Waals surface area contributed by atoms with E-state index in [-0.39, 0.29) is 11.3 Å². The SMILES string of the molecule is CCCn1nc(C(=O)N/N=C/c2ccc(SC)cc2)c2ccccc2c1=O. The molecule has 0 saturated carbocycles. The van der Waals surface area contributed by atoms with Gasteiger partial charge < -0.3 is 0 Å². The van der Waals surface area contributed by atoms with E-state index in [0.29, 0.717) is 17.3 Å². The molecular formula is C20H20N4O2S. The van der Waals surface area contributed by atoms with Gasteiger partial charge in [0.25, 0.3) is 11.5 Å². The van der Waals surface area contributed by atoms with Gasteiger partial charge in [-0.15, -0.1) is 11.8 Å². The molecule has 0 radical (unpaired) electrons. The van der Waals surface area contributed by atoms with E-state index in [0.717, 1.165) is 16.9 Å². The maximum atomic E-state index is 12.6. The summed E-state index contributed by atoms with van der Waals surface area (Å²) in [5, 5.41) is 9.27. The molecule has 138 valence electrons. The summed E-state index contributed by atoms with van der Waals surface area (Å²) in [4.78, 5) is 26.3. The van der Waals surface area contributed by atoms with Gasteiger partial charge in [0, 0.05) is 16.8 Å². The van der Waals surface area contributed by atoms with Crippen LogP contribution in [0.1, 0.15) is 29.4 Å². The molecule has 6 nitrogen and oxygen atoms in total. The summed E-state index contributed by atoms with van der Waals surface area (Å²) in [6.07, 6.45) is 4.33. The second-order valence-electron chi connectivity index (χ2n) is 5.89. The van der Waals surface area contributed by atoms with E-state index < -0.39 is 5.91 Å². The zero-order chi connectivity index (χ0) is 19.2. The lowest BCUT2D eigenvalue weighted by Crippen LogP contribution is -2.29. The molecule has 3 aromatic rings. The van der Waals surface area contributed by atoms with Gasteiger partial charge in [-0.05, 0) is 36.4 Å². The van der Waals surface area contributed by atoms with E-state index in [1.165, 1.54) is 4.68 Å². The van der Waals surface area contributed by atoms with Gasteiger partial charge in [0.2, 0.25) is 0 Å². The Kier molecular flexibility index (Phi) is 6.03. The average molecular weight is 380 g/mol. The number of fused-ring (bicyclic) bond motifs is 1. The number of hydrazone groups is 1. The number of hydrogen-bond donors (Lipinski definition) is 1. The molecule has 0 spiro atoms. The molecule has 0 saturated heterocycles. The lowest BCUT2D eigenvalue weighted by molar-refractivity contribution is 0.0949. The van der Waals surface area contributed by atoms with Crippen LogP contribution < -0.4 is 11.0 Å². The van der Waals surface area contributed by atoms with E-state index in [1.807, 2.05) is 37.4 Å². The number of carbonyl (C=O) groups excluding carboxylic acids is 1. The molecule has 0 fully saturated rings. The van der Waals surface area contributed by atoms with Crippen LogP contribution in [0, 0.1) is 0 Å². The van der Waals surface area contributed by atoms with Gasteiger partial charge in [-0.2, -0.15) is 10.2 Å². The standard InChI is InChI=1S/C20H20N4O2S/c1-3-12-24-20(26)17-7-5-4-6-16(17)18(23-24)19(25)22-21-13-14-8-10-15(27-2)11-9-14/h4-11,13H,3,12H2,1-2H3,(H,22,25)/b21-13+. The number of nitrogens with one attached hydrogen (secondary N) is 1. The second kappa shape index (κ2) is 8.64. The highest BCUT2D eigenvalue weighted by atomic mass is 32.2. The monoisotopic (exact) mass is 380 g/mol. The summed E-state index contributed by atoms with van der Waals surface area (Å²) in [5.41, 5.74) is 3.38. The Bertz CT molecular complexity index is 1040. The number of benzene rings is 2. The van der Waals surface area contributed by atoms with Gasteiger partial charge in [0.05, 0.1) is 11.6 Å². The van der Waals surface area contributed by atoms with Crippen LogP contribution in [0.2, 0.25) is 0 Å². The van der Waals surface area contributed by atoms with E-state index in [2.05, 4.69) is 15.6 Å². The van der Waals surface area contributed by atoms with Crippen LogP contribution in [0.3, 0.4) is 0 Å². The predicted octanol–water partition coefficient (Wildman–Crippen LogP) is 3.29. The normalized spacial score (nSPS) is 11.2. The van der Waals surface area contributed by atoms with Crippen LogP contribution in [-0.2, 0) is 6.54 Å². The molecule has 7 heteroatoms. The number of aryl methyl sites for hydroxylation is 1. The molecule has 0 aliphatic carbocycles. The van der Waals surface area contributed by atoms with Gasteiger partial charge in [-0.25, -0.2) is 10.1 Å². The van der Waals surface area contributed by atoms with Crippen molar-refractivity contribution in [1.82, 2.24) is 15.2 Å². The van der Waals surface area contributed by atoms with Crippen molar-refractivity contribution in [2.75, 3.05) is 6.26 Å². The zero-order valence-electron chi connectivity index (χ0n) is 15.2. The topological polar surface area (TPSA) is 76.3 Å². The van der Waals surface area contributed by atoms with Crippen molar-refractivity contribution in [3.05, 3.63) is 70.1 Å². The van der Waals surface area contributed by atoms with Crippen LogP contribution in [0.25, 0.3) is 10.8 Å². The minimum absolute atomic E-state index is 0.188. The van der Waals surface area contributed by atoms with Crippen molar-refractivity contribution in [2.45, 2.75) is 24.8 Å². The van der Waals surface area contributed by atoms with Crippen LogP contribution in [0.4, 0.5) is 0 Å². The average Bonchev–Trinajstić information content (AvgIpc) is 2.70. The number of hydrogen-bond acceptors (Lipinski definition) is 5. The Morgan fingerprint density at radius 2 is 1.89 bits per heavy atom. The first-order valence-corrected chi connectivity index (χ1v) is 9.84. The summed E-state index contributed by atoms with van der Waals surface area (Å²) in [5.74, 6) is -0.451. The molecule has 27 heavy (non-hydrogen) atoms. The largest absolute Gasteiger partial charge is 0.292 e. The van der Waals surface area contributed by atoms with Crippen LogP contribution in [0.5, 0.6) is 0 Å². The third-order valence-electron chi connectivity index (χ3n) is 4.01. The highest BCUT2D eigenvalue weighted by molar-refractivity contribution is 7.98. The number of nitrogens with zero attached hydrogens (tertiary/aromatic N) is 3. The lowest BCUT2D eigenvalue weighted by Gasteiger charge is -2.09. The molecule has 0 aliphatic rings. The van der Waals surface area contributed by atoms with Crippen molar-refractivity contribution >= 4 is 34.7 Å². The highest BCUT2D eigenvalue weighted by Crippen LogP contribution is 2.14. The van der Waals surface area contributed by atoms with E-state index in [9.17, 15) is 9.59 Å². The van der Waals surface area contributed by atoms with E-state index >= 15 is 0 Å². The van der Waals surface area contributed by atoms with Crippen molar-refractivity contribution in [2.24, 2.45) is 5.10 Å². The number of carbonyl (C=O) groups is 1. The van der Waals surface area contributed by atoms with Crippen molar-refractivity contribution in [3.63, 3.8) is 0 Å². The molecule has 0 bridgehead atoms. The van der Waals surface area contributed by atoms with Crippen LogP contribution in [-0.4, -0.2) is 28.2 Å². The van der Waals surface area contributed by atoms with Gasteiger partial charge in [0.15, 0.2) is 5.69 Å². The maximum absolute atomic E-state index is 12.6. The summed E-state index contributed by atoms with van der Waals surface area (Å²) in [6.45, 7) is 2.41. The predicted molar refractivity (Wildman–Crippen MR) is 110 cm³/mol. The molecule has 1 heterocycles. The fourth-order valence-electron chi connectivity index (χ4n) is 2.67. The molecule has 0 unspecified atom stereocenters. The molecule has 1 aromatic heterocycles. The highest BCUT2D eigenvalue weighted by Gasteiger charge is 2.15. The van der Waals surface area contributed by atoms with Gasteiger partial charge in [-0.3, -0.25) is 9.59 Å². The summed E-state index contributed by atoms with van der Waals surface area (Å²) >= 11 is 1.66. The van der Waals surface area contributed by atoms with Crippen molar-refractivity contribution in [3.8, 4) is 0 Å². The summed E-state index contributed by atoms with van der Waals surface area (Å²) in [7, 11) is 0. The summed E-state index contributed by atoms with van der Waals surface area (Å²) < 4.78 is 1.34. The van der Waals surface area contributed by atoms with E-state index in [4.69, 9.17) is 0 Å². The molecule has 1 N–H and O–H groups in total. The Balaban J connectivity index is 1.87. The van der Waals surface area contributed by atoms with Gasteiger partial charge in [-0.1, -0.05) is 37.3 Å². The fraction of sp³-hybridized carbons (Fsp3) is 0.200. The number of amides is 1. The third-order valence-corrected chi connectivity index (χ3v) is 4.76. The fourth-order valence-corrected chi connectivity index (χ4v) is 3.08. The van der Waals surface area contributed by atoms with Crippen LogP contribution >= 0.6 is 11.8 Å². The first-order chi connectivity index (χ1) is 13.1. The lowest BCUT2D eigenvalue weighted by atomic mass is 10.1. The molecule has 1 amide bonds. The summed E-state index contributed by atoms with van der Waals surface area (Å²) in [6, 6.07) is 14.8. The van der Waals surface area contributed by atoms with Gasteiger partial charge >= 0.3 is 0 Å². The Morgan fingerprint density at radius 3 is 2.56 bits per heavy atom. The Hall–Kier alpha value is -2.93. The molecule has 0 atom stereocenters. The Morgan fingerprint density at radius 1 is 1.19 bits per heavy atom. The van der Waals surface area contributed by atoms with Gasteiger partial charge in [0.1, 0.15) is 0 Å². The number of thioether (sulfide) groups is 1. The zero-order valence-corrected chi connectivity index (χ0v) is 16.0. The maximum Gasteiger partial charge on any atom is 0.292 e. The third kappa shape index (κ3) is 4.25. The second-order valence-corrected chi connectivity index (χ2v) is 6.77. The minimum atomic E-state index is -0.451.